The number of hydrogen-bond donors (Lipinski definition) is 4. The van der Waals surface area contributed by atoms with E-state index in [4.69, 9.17) is 11.5 Å². The third-order valence-electron chi connectivity index (χ3n) is 2.42. The van der Waals surface area contributed by atoms with Gasteiger partial charge in [0.05, 0.1) is 0 Å². The lowest BCUT2D eigenvalue weighted by molar-refractivity contribution is -0.151. The molecule has 1 rings (SSSR count). The zero-order valence-corrected chi connectivity index (χ0v) is 9.24. The molecule has 7 heteroatoms. The van der Waals surface area contributed by atoms with E-state index in [1.165, 1.54) is 24.3 Å². The molecule has 0 saturated carbocycles. The molecule has 96 valence electrons. The molecular formula is C11H12N2O5. The van der Waals surface area contributed by atoms with E-state index in [1.807, 2.05) is 0 Å². The lowest BCUT2D eigenvalue weighted by Gasteiger charge is -2.26. The molecule has 0 radical (unpaired) electrons. The minimum Gasteiger partial charge on any atom is -0.379 e. The van der Waals surface area contributed by atoms with Crippen molar-refractivity contribution in [1.29, 1.82) is 0 Å². The monoisotopic (exact) mass is 252 g/mol. The van der Waals surface area contributed by atoms with Crippen LogP contribution in [0.1, 0.15) is 10.4 Å². The number of carbonyl (C=O) groups is 3. The van der Waals surface area contributed by atoms with Gasteiger partial charge in [-0.15, -0.1) is 0 Å². The summed E-state index contributed by atoms with van der Waals surface area (Å²) in [4.78, 5) is 33.9. The zero-order valence-electron chi connectivity index (χ0n) is 9.24. The van der Waals surface area contributed by atoms with Gasteiger partial charge in [0.15, 0.2) is 6.10 Å². The summed E-state index contributed by atoms with van der Waals surface area (Å²) in [6.07, 6.45) is -2.41. The fourth-order valence-corrected chi connectivity index (χ4v) is 1.39. The summed E-state index contributed by atoms with van der Waals surface area (Å²) < 4.78 is 0. The normalized spacial score (nSPS) is 15.4. The molecular weight excluding hydrogens is 240 g/mol. The van der Waals surface area contributed by atoms with Crippen LogP contribution in [0.4, 0.5) is 0 Å². The third kappa shape index (κ3) is 2.22. The van der Waals surface area contributed by atoms with Crippen molar-refractivity contribution in [2.75, 3.05) is 0 Å². The standard InChI is InChI=1S/C11H12N2O5/c12-9(16)8(15)11(18,10(13)17)7(14)6-4-2-1-3-5-6/h1-5,8,15,18H,(H2,12,16)(H2,13,17). The second-order valence-electron chi connectivity index (χ2n) is 3.63. The number of amides is 2. The van der Waals surface area contributed by atoms with E-state index in [2.05, 4.69) is 0 Å². The van der Waals surface area contributed by atoms with Crippen molar-refractivity contribution in [3.63, 3.8) is 0 Å². The van der Waals surface area contributed by atoms with Gasteiger partial charge in [0.2, 0.25) is 17.3 Å². The number of ketones is 1. The Morgan fingerprint density at radius 1 is 1.11 bits per heavy atom. The van der Waals surface area contributed by atoms with Crippen LogP contribution < -0.4 is 11.5 Å². The number of primary amides is 2. The first-order chi connectivity index (χ1) is 8.31. The van der Waals surface area contributed by atoms with Gasteiger partial charge in [-0.2, -0.15) is 0 Å². The molecule has 0 aliphatic heterocycles. The lowest BCUT2D eigenvalue weighted by atomic mass is 9.86. The van der Waals surface area contributed by atoms with Crippen molar-refractivity contribution in [1.82, 2.24) is 0 Å². The Bertz CT molecular complexity index is 487. The van der Waals surface area contributed by atoms with Crippen LogP contribution in [-0.2, 0) is 9.59 Å². The Hall–Kier alpha value is -2.25. The highest BCUT2D eigenvalue weighted by molar-refractivity contribution is 6.19. The molecule has 6 N–H and O–H groups in total. The SMILES string of the molecule is NC(=O)C(O)C(O)(C(N)=O)C(=O)c1ccccc1. The van der Waals surface area contributed by atoms with Gasteiger partial charge in [-0.25, -0.2) is 0 Å². The molecule has 2 atom stereocenters. The maximum Gasteiger partial charge on any atom is 0.260 e. The molecule has 1 aromatic rings. The molecule has 18 heavy (non-hydrogen) atoms. The lowest BCUT2D eigenvalue weighted by Crippen LogP contribution is -2.62. The van der Waals surface area contributed by atoms with Crippen LogP contribution in [0.15, 0.2) is 30.3 Å². The highest BCUT2D eigenvalue weighted by Crippen LogP contribution is 2.18. The van der Waals surface area contributed by atoms with Crippen LogP contribution in [0.2, 0.25) is 0 Å². The van der Waals surface area contributed by atoms with Gasteiger partial charge in [-0.05, 0) is 0 Å². The first-order valence-electron chi connectivity index (χ1n) is 4.91. The van der Waals surface area contributed by atoms with E-state index >= 15 is 0 Å². The van der Waals surface area contributed by atoms with Crippen molar-refractivity contribution < 1.29 is 24.6 Å². The van der Waals surface area contributed by atoms with Crippen molar-refractivity contribution in [2.24, 2.45) is 11.5 Å². The molecule has 0 aromatic heterocycles. The van der Waals surface area contributed by atoms with Crippen molar-refractivity contribution in [2.45, 2.75) is 11.7 Å². The van der Waals surface area contributed by atoms with Gasteiger partial charge in [-0.3, -0.25) is 14.4 Å². The van der Waals surface area contributed by atoms with Gasteiger partial charge >= 0.3 is 0 Å². The van der Waals surface area contributed by atoms with Crippen LogP contribution in [0, 0.1) is 0 Å². The van der Waals surface area contributed by atoms with Crippen molar-refractivity contribution in [3.05, 3.63) is 35.9 Å². The predicted octanol–water partition coefficient (Wildman–Crippen LogP) is -2.07. The largest absolute Gasteiger partial charge is 0.379 e. The van der Waals surface area contributed by atoms with Crippen LogP contribution in [0.25, 0.3) is 0 Å². The fraction of sp³-hybridized carbons (Fsp3) is 0.182. The Labute approximate surface area is 102 Å². The highest BCUT2D eigenvalue weighted by atomic mass is 16.4. The van der Waals surface area contributed by atoms with Crippen LogP contribution in [-0.4, -0.2) is 39.5 Å². The molecule has 0 fully saturated rings. The minimum atomic E-state index is -3.08. The molecule has 1 aromatic carbocycles. The van der Waals surface area contributed by atoms with Gasteiger partial charge < -0.3 is 21.7 Å². The second kappa shape index (κ2) is 4.94. The molecule has 0 bridgehead atoms. The van der Waals surface area contributed by atoms with E-state index in [9.17, 15) is 24.6 Å². The molecule has 0 saturated heterocycles. The Balaban J connectivity index is 3.26. The summed E-state index contributed by atoms with van der Waals surface area (Å²) in [6, 6.07) is 7.15. The zero-order chi connectivity index (χ0) is 13.9. The quantitative estimate of drug-likeness (QED) is 0.351. The average molecular weight is 252 g/mol. The van der Waals surface area contributed by atoms with E-state index < -0.39 is 29.3 Å². The molecule has 2 unspecified atom stereocenters. The number of nitrogens with two attached hydrogens (primary N) is 2. The average Bonchev–Trinajstić information content (AvgIpc) is 2.36. The number of carbonyl (C=O) groups excluding carboxylic acids is 3. The van der Waals surface area contributed by atoms with Crippen LogP contribution in [0.3, 0.4) is 0 Å². The van der Waals surface area contributed by atoms with E-state index in [0.29, 0.717) is 0 Å². The molecule has 0 heterocycles. The summed E-state index contributed by atoms with van der Waals surface area (Å²) in [7, 11) is 0. The number of aliphatic hydroxyl groups excluding tert-OH is 1. The van der Waals surface area contributed by atoms with Crippen LogP contribution in [0.5, 0.6) is 0 Å². The number of benzene rings is 1. The van der Waals surface area contributed by atoms with Crippen LogP contribution >= 0.6 is 0 Å². The summed E-state index contributed by atoms with van der Waals surface area (Å²) in [5.74, 6) is -4.18. The minimum absolute atomic E-state index is 0.0842. The highest BCUT2D eigenvalue weighted by Gasteiger charge is 2.51. The number of hydrogen-bond acceptors (Lipinski definition) is 5. The number of Topliss-reactive ketones (excluding diaryl/α,β-unsaturated/α-hetero) is 1. The Morgan fingerprint density at radius 2 is 1.61 bits per heavy atom. The number of aliphatic hydroxyl groups is 2. The Kier molecular flexibility index (Phi) is 3.79. The van der Waals surface area contributed by atoms with Crippen molar-refractivity contribution >= 4 is 17.6 Å². The van der Waals surface area contributed by atoms with E-state index in [1.54, 1.807) is 6.07 Å². The van der Waals surface area contributed by atoms with Gasteiger partial charge in [0, 0.05) is 5.56 Å². The van der Waals surface area contributed by atoms with Gasteiger partial charge in [0.25, 0.3) is 5.91 Å². The number of rotatable bonds is 5. The van der Waals surface area contributed by atoms with E-state index in [-0.39, 0.29) is 5.56 Å². The molecule has 0 aliphatic rings. The Morgan fingerprint density at radius 3 is 2.00 bits per heavy atom. The summed E-state index contributed by atoms with van der Waals surface area (Å²) >= 11 is 0. The maximum atomic E-state index is 11.9. The molecule has 0 spiro atoms. The third-order valence-corrected chi connectivity index (χ3v) is 2.42. The second-order valence-corrected chi connectivity index (χ2v) is 3.63. The smallest absolute Gasteiger partial charge is 0.260 e. The fourth-order valence-electron chi connectivity index (χ4n) is 1.39. The maximum absolute atomic E-state index is 11.9. The van der Waals surface area contributed by atoms with Crippen molar-refractivity contribution in [3.8, 4) is 0 Å². The summed E-state index contributed by atoms with van der Waals surface area (Å²) in [5.41, 5.74) is 6.48. The van der Waals surface area contributed by atoms with E-state index in [0.717, 1.165) is 0 Å². The summed E-state index contributed by atoms with van der Waals surface area (Å²) in [5, 5.41) is 19.3. The topological polar surface area (TPSA) is 144 Å². The first kappa shape index (κ1) is 13.8. The molecule has 2 amide bonds. The predicted molar refractivity (Wildman–Crippen MR) is 60.1 cm³/mol. The first-order valence-corrected chi connectivity index (χ1v) is 4.91. The van der Waals surface area contributed by atoms with Gasteiger partial charge in [-0.1, -0.05) is 30.3 Å². The van der Waals surface area contributed by atoms with Gasteiger partial charge in [0.1, 0.15) is 0 Å². The molecule has 7 nitrogen and oxygen atoms in total. The summed E-state index contributed by atoms with van der Waals surface area (Å²) in [6.45, 7) is 0. The molecule has 0 aliphatic carbocycles.